The molecule has 2 aromatic rings. The minimum Gasteiger partial charge on any atom is -0.355 e. The third-order valence-electron chi connectivity index (χ3n) is 5.77. The third kappa shape index (κ3) is 3.06. The second kappa shape index (κ2) is 6.79. The molecule has 2 unspecified atom stereocenters. The molecule has 0 aromatic heterocycles. The number of fused-ring (bicyclic) bond motifs is 1. The van der Waals surface area contributed by atoms with Crippen LogP contribution in [0.15, 0.2) is 42.5 Å². The molecule has 2 aromatic carbocycles. The number of benzene rings is 2. The van der Waals surface area contributed by atoms with E-state index in [1.165, 1.54) is 42.0 Å². The van der Waals surface area contributed by atoms with Crippen molar-refractivity contribution in [2.45, 2.75) is 43.3 Å². The van der Waals surface area contributed by atoms with Crippen molar-refractivity contribution in [3.05, 3.63) is 48.0 Å². The van der Waals surface area contributed by atoms with Crippen molar-refractivity contribution < 1.29 is 4.79 Å². The van der Waals surface area contributed by atoms with Gasteiger partial charge < -0.3 is 5.32 Å². The quantitative estimate of drug-likeness (QED) is 0.869. The van der Waals surface area contributed by atoms with Crippen LogP contribution in [0.5, 0.6) is 0 Å². The number of nitrogens with one attached hydrogen (secondary N) is 1. The number of amides is 1. The summed E-state index contributed by atoms with van der Waals surface area (Å²) >= 11 is 2.06. The molecule has 1 N–H and O–H groups in total. The standard InChI is InChI=1S/C21H25NOS/c23-20-15-21(24-13-12-22-20)11-4-3-9-18(21)14-17-8-5-7-16-6-1-2-10-19(16)17/h1-2,5-8,10,18H,3-4,9,11-15H2,(H,22,23). The van der Waals surface area contributed by atoms with Gasteiger partial charge in [0.25, 0.3) is 0 Å². The zero-order valence-corrected chi connectivity index (χ0v) is 14.9. The van der Waals surface area contributed by atoms with Gasteiger partial charge in [0.15, 0.2) is 0 Å². The summed E-state index contributed by atoms with van der Waals surface area (Å²) in [6.45, 7) is 0.826. The van der Waals surface area contributed by atoms with E-state index < -0.39 is 0 Å². The van der Waals surface area contributed by atoms with E-state index in [4.69, 9.17) is 0 Å². The number of thioether (sulfide) groups is 1. The first-order chi connectivity index (χ1) is 11.8. The summed E-state index contributed by atoms with van der Waals surface area (Å²) in [7, 11) is 0. The molecule has 1 aliphatic heterocycles. The Morgan fingerprint density at radius 1 is 1.12 bits per heavy atom. The molecule has 1 spiro atoms. The minimum absolute atomic E-state index is 0.149. The maximum atomic E-state index is 12.2. The molecule has 126 valence electrons. The molecule has 1 heterocycles. The summed E-state index contributed by atoms with van der Waals surface area (Å²) in [5.41, 5.74) is 1.45. The third-order valence-corrected chi connectivity index (χ3v) is 7.43. The molecule has 3 heteroatoms. The topological polar surface area (TPSA) is 29.1 Å². The monoisotopic (exact) mass is 339 g/mol. The van der Waals surface area contributed by atoms with Crippen LogP contribution in [0.1, 0.15) is 37.7 Å². The average Bonchev–Trinajstić information content (AvgIpc) is 2.79. The lowest BCUT2D eigenvalue weighted by Gasteiger charge is -2.43. The van der Waals surface area contributed by atoms with Gasteiger partial charge in [-0.25, -0.2) is 0 Å². The van der Waals surface area contributed by atoms with Crippen molar-refractivity contribution in [2.24, 2.45) is 5.92 Å². The van der Waals surface area contributed by atoms with Crippen molar-refractivity contribution in [3.8, 4) is 0 Å². The predicted octanol–water partition coefficient (Wildman–Crippen LogP) is 4.56. The van der Waals surface area contributed by atoms with E-state index in [1.807, 2.05) is 0 Å². The fourth-order valence-corrected chi connectivity index (χ4v) is 6.13. The maximum absolute atomic E-state index is 12.2. The lowest BCUT2D eigenvalue weighted by Crippen LogP contribution is -2.41. The Labute approximate surface area is 148 Å². The highest BCUT2D eigenvalue weighted by atomic mass is 32.2. The van der Waals surface area contributed by atoms with Crippen LogP contribution in [-0.4, -0.2) is 23.0 Å². The molecule has 0 bridgehead atoms. The van der Waals surface area contributed by atoms with E-state index in [0.29, 0.717) is 12.3 Å². The number of hydrogen-bond acceptors (Lipinski definition) is 2. The second-order valence-corrected chi connectivity index (χ2v) is 8.74. The molecule has 24 heavy (non-hydrogen) atoms. The highest BCUT2D eigenvalue weighted by molar-refractivity contribution is 8.00. The van der Waals surface area contributed by atoms with E-state index >= 15 is 0 Å². The van der Waals surface area contributed by atoms with Crippen LogP contribution in [0.2, 0.25) is 0 Å². The summed E-state index contributed by atoms with van der Waals surface area (Å²) in [5.74, 6) is 1.91. The fourth-order valence-electron chi connectivity index (χ4n) is 4.56. The van der Waals surface area contributed by atoms with E-state index in [9.17, 15) is 4.79 Å². The van der Waals surface area contributed by atoms with Gasteiger partial charge in [-0.2, -0.15) is 11.8 Å². The van der Waals surface area contributed by atoms with Crippen LogP contribution in [-0.2, 0) is 11.2 Å². The predicted molar refractivity (Wildman–Crippen MR) is 102 cm³/mol. The summed E-state index contributed by atoms with van der Waals surface area (Å²) in [5, 5.41) is 5.77. The molecule has 1 saturated heterocycles. The molecule has 2 nitrogen and oxygen atoms in total. The Balaban J connectivity index is 1.66. The Bertz CT molecular complexity index is 738. The lowest BCUT2D eigenvalue weighted by molar-refractivity contribution is -0.121. The highest BCUT2D eigenvalue weighted by Crippen LogP contribution is 2.48. The van der Waals surface area contributed by atoms with Crippen molar-refractivity contribution in [1.82, 2.24) is 5.32 Å². The van der Waals surface area contributed by atoms with Gasteiger partial charge >= 0.3 is 0 Å². The zero-order valence-electron chi connectivity index (χ0n) is 14.1. The van der Waals surface area contributed by atoms with Gasteiger partial charge in [0.1, 0.15) is 0 Å². The Morgan fingerprint density at radius 3 is 2.96 bits per heavy atom. The van der Waals surface area contributed by atoms with Crippen molar-refractivity contribution >= 4 is 28.4 Å². The van der Waals surface area contributed by atoms with Crippen LogP contribution in [0.4, 0.5) is 0 Å². The summed E-state index contributed by atoms with van der Waals surface area (Å²) < 4.78 is 0.149. The number of rotatable bonds is 2. The molecule has 1 aliphatic carbocycles. The van der Waals surface area contributed by atoms with E-state index in [2.05, 4.69) is 59.5 Å². The first-order valence-corrected chi connectivity index (χ1v) is 10.1. The summed E-state index contributed by atoms with van der Waals surface area (Å²) in [6, 6.07) is 15.3. The smallest absolute Gasteiger partial charge is 0.221 e. The van der Waals surface area contributed by atoms with Gasteiger partial charge in [-0.3, -0.25) is 4.79 Å². The number of hydrogen-bond donors (Lipinski definition) is 1. The molecule has 2 fully saturated rings. The first kappa shape index (κ1) is 16.0. The SMILES string of the molecule is O=C1CC2(CCCCC2Cc2cccc3ccccc23)SCCN1. The largest absolute Gasteiger partial charge is 0.355 e. The van der Waals surface area contributed by atoms with E-state index in [-0.39, 0.29) is 10.7 Å². The average molecular weight is 340 g/mol. The number of carbonyl (C=O) groups excluding carboxylic acids is 1. The number of carbonyl (C=O) groups is 1. The molecule has 2 aliphatic rings. The van der Waals surface area contributed by atoms with Gasteiger partial charge in [0.2, 0.25) is 5.91 Å². The fraction of sp³-hybridized carbons (Fsp3) is 0.476. The zero-order chi connectivity index (χ0) is 16.4. The van der Waals surface area contributed by atoms with E-state index in [1.54, 1.807) is 0 Å². The van der Waals surface area contributed by atoms with Crippen LogP contribution in [0, 0.1) is 5.92 Å². The van der Waals surface area contributed by atoms with Crippen LogP contribution in [0.25, 0.3) is 10.8 Å². The maximum Gasteiger partial charge on any atom is 0.221 e. The molecular formula is C21H25NOS. The van der Waals surface area contributed by atoms with Gasteiger partial charge in [-0.1, -0.05) is 55.3 Å². The Morgan fingerprint density at radius 2 is 2.00 bits per heavy atom. The van der Waals surface area contributed by atoms with E-state index in [0.717, 1.165) is 18.7 Å². The van der Waals surface area contributed by atoms with Crippen LogP contribution < -0.4 is 5.32 Å². The van der Waals surface area contributed by atoms with Crippen molar-refractivity contribution in [3.63, 3.8) is 0 Å². The minimum atomic E-state index is 0.149. The van der Waals surface area contributed by atoms with Crippen molar-refractivity contribution in [2.75, 3.05) is 12.3 Å². The van der Waals surface area contributed by atoms with Crippen molar-refractivity contribution in [1.29, 1.82) is 0 Å². The second-order valence-electron chi connectivity index (χ2n) is 7.23. The molecular weight excluding hydrogens is 314 g/mol. The molecule has 4 rings (SSSR count). The molecule has 1 amide bonds. The molecule has 2 atom stereocenters. The van der Waals surface area contributed by atoms with Crippen LogP contribution >= 0.6 is 11.8 Å². The highest BCUT2D eigenvalue weighted by Gasteiger charge is 2.43. The summed E-state index contributed by atoms with van der Waals surface area (Å²) in [4.78, 5) is 12.2. The molecule has 1 saturated carbocycles. The van der Waals surface area contributed by atoms with Gasteiger partial charge in [-0.15, -0.1) is 0 Å². The summed E-state index contributed by atoms with van der Waals surface area (Å²) in [6.07, 6.45) is 6.82. The van der Waals surface area contributed by atoms with Gasteiger partial charge in [0.05, 0.1) is 0 Å². The normalized spacial score (nSPS) is 27.8. The first-order valence-electron chi connectivity index (χ1n) is 9.14. The molecule has 0 radical (unpaired) electrons. The van der Waals surface area contributed by atoms with Gasteiger partial charge in [0, 0.05) is 23.5 Å². The van der Waals surface area contributed by atoms with Crippen LogP contribution in [0.3, 0.4) is 0 Å². The lowest BCUT2D eigenvalue weighted by atomic mass is 9.73. The Hall–Kier alpha value is -1.48. The van der Waals surface area contributed by atoms with Gasteiger partial charge in [-0.05, 0) is 41.5 Å². The Kier molecular flexibility index (Phi) is 4.53.